The van der Waals surface area contributed by atoms with Crippen LogP contribution in [0, 0.1) is 20.2 Å². The summed E-state index contributed by atoms with van der Waals surface area (Å²) in [6.45, 7) is 2.12. The fraction of sp³-hybridized carbons (Fsp3) is 0.219. The Morgan fingerprint density at radius 2 is 1.61 bits per heavy atom. The molecule has 0 spiro atoms. The number of carbonyl (C=O) groups excluding carboxylic acids is 5. The molecule has 2 aromatic carbocycles. The van der Waals surface area contributed by atoms with Crippen LogP contribution in [0.5, 0.6) is 0 Å². The number of nitrogens with zero attached hydrogens (tertiary/aromatic N) is 5. The number of hydrogen-bond acceptors (Lipinski definition) is 17. The molecule has 1 fully saturated rings. The number of thioether (sulfide) groups is 2. The normalized spacial score (nSPS) is 16.4. The number of thiazole rings is 1. The van der Waals surface area contributed by atoms with Gasteiger partial charge in [-0.3, -0.25) is 44.8 Å². The van der Waals surface area contributed by atoms with Crippen molar-refractivity contribution in [3.63, 3.8) is 0 Å². The second-order valence-corrected chi connectivity index (χ2v) is 14.2. The minimum absolute atomic E-state index is 0.130. The number of halogens is 3. The molecule has 2 aliphatic heterocycles. The molecule has 3 aromatic rings. The highest BCUT2D eigenvalue weighted by Gasteiger charge is 2.55. The van der Waals surface area contributed by atoms with Crippen molar-refractivity contribution in [3.05, 3.63) is 114 Å². The predicted octanol–water partition coefficient (Wildman–Crippen LogP) is 4.16. The largest absolute Gasteiger partial charge is 0.471 e. The molecule has 0 radical (unpaired) electrons. The van der Waals surface area contributed by atoms with E-state index in [2.05, 4.69) is 22.0 Å². The number of rotatable bonds is 16. The van der Waals surface area contributed by atoms with Gasteiger partial charge in [-0.05, 0) is 40.8 Å². The van der Waals surface area contributed by atoms with Crippen molar-refractivity contribution in [2.75, 3.05) is 17.7 Å². The van der Waals surface area contributed by atoms with Gasteiger partial charge in [-0.25, -0.2) is 14.6 Å². The molecular formula is C32H24F3N7O12S3. The van der Waals surface area contributed by atoms with Gasteiger partial charge in [0.25, 0.3) is 23.2 Å². The van der Waals surface area contributed by atoms with Crippen LogP contribution in [0.4, 0.5) is 29.7 Å². The molecule has 5 rings (SSSR count). The average Bonchev–Trinajstić information content (AvgIpc) is 3.64. The Balaban J connectivity index is 1.29. The highest BCUT2D eigenvalue weighted by atomic mass is 32.2. The van der Waals surface area contributed by atoms with Gasteiger partial charge in [-0.15, -0.1) is 23.1 Å². The molecule has 2 N–H and O–H groups in total. The van der Waals surface area contributed by atoms with Crippen molar-refractivity contribution in [2.24, 2.45) is 5.16 Å². The van der Waals surface area contributed by atoms with Gasteiger partial charge in [-0.1, -0.05) is 23.5 Å². The van der Waals surface area contributed by atoms with E-state index in [1.54, 1.807) is 0 Å². The number of benzene rings is 2. The van der Waals surface area contributed by atoms with Crippen molar-refractivity contribution in [1.82, 2.24) is 15.2 Å². The van der Waals surface area contributed by atoms with E-state index in [4.69, 9.17) is 14.3 Å². The Bertz CT molecular complexity index is 2180. The third kappa shape index (κ3) is 10.3. The third-order valence-electron chi connectivity index (χ3n) is 7.48. The number of alkyl halides is 3. The number of nitro benzene ring substituents is 2. The predicted molar refractivity (Wildman–Crippen MR) is 195 cm³/mol. The lowest BCUT2D eigenvalue weighted by Gasteiger charge is -2.49. The van der Waals surface area contributed by atoms with Crippen LogP contribution in [0.15, 0.2) is 81.7 Å². The van der Waals surface area contributed by atoms with E-state index in [0.29, 0.717) is 27.4 Å². The van der Waals surface area contributed by atoms with E-state index in [-0.39, 0.29) is 36.0 Å². The number of non-ortho nitro benzene ring substituents is 2. The topological polar surface area (TPSA) is 252 Å². The molecule has 57 heavy (non-hydrogen) atoms. The number of aromatic nitrogens is 1. The molecule has 1 aromatic heterocycles. The van der Waals surface area contributed by atoms with Crippen molar-refractivity contribution in [3.8, 4) is 0 Å². The number of ether oxygens (including phenoxy) is 2. The number of β-lactam (4-membered cyclic amide) rings is 1. The molecule has 1 saturated heterocycles. The lowest BCUT2D eigenvalue weighted by Crippen LogP contribution is -2.71. The first-order chi connectivity index (χ1) is 27.1. The summed E-state index contributed by atoms with van der Waals surface area (Å²) in [5.41, 5.74) is -0.836. The number of carbonyl (C=O) groups is 5. The Labute approximate surface area is 329 Å². The lowest BCUT2D eigenvalue weighted by molar-refractivity contribution is -0.385. The quantitative estimate of drug-likeness (QED) is 0.0675. The first-order valence-electron chi connectivity index (χ1n) is 15.7. The zero-order valence-electron chi connectivity index (χ0n) is 28.5. The molecule has 0 bridgehead atoms. The van der Waals surface area contributed by atoms with Gasteiger partial charge in [0, 0.05) is 40.3 Å². The molecular weight excluding hydrogens is 828 g/mol. The molecule has 2 atom stereocenters. The van der Waals surface area contributed by atoms with Gasteiger partial charge < -0.3 is 19.6 Å². The van der Waals surface area contributed by atoms with Crippen molar-refractivity contribution >= 4 is 86.7 Å². The Morgan fingerprint density at radius 1 is 1.02 bits per heavy atom. The van der Waals surface area contributed by atoms with E-state index in [1.807, 2.05) is 0 Å². The monoisotopic (exact) mass is 851 g/mol. The van der Waals surface area contributed by atoms with Crippen LogP contribution in [-0.4, -0.2) is 85.1 Å². The lowest BCUT2D eigenvalue weighted by atomic mass is 10.0. The smallest absolute Gasteiger partial charge is 0.458 e. The van der Waals surface area contributed by atoms with Gasteiger partial charge in [0.05, 0.1) is 9.85 Å². The van der Waals surface area contributed by atoms with Crippen LogP contribution in [-0.2, 0) is 51.5 Å². The molecule has 298 valence electrons. The number of esters is 2. The summed E-state index contributed by atoms with van der Waals surface area (Å²) < 4.78 is 49.0. The highest BCUT2D eigenvalue weighted by Crippen LogP contribution is 2.44. The minimum Gasteiger partial charge on any atom is -0.458 e. The fourth-order valence-corrected chi connectivity index (χ4v) is 7.65. The summed E-state index contributed by atoms with van der Waals surface area (Å²) in [6, 6.07) is 9.02. The molecule has 0 saturated carbocycles. The molecule has 25 heteroatoms. The van der Waals surface area contributed by atoms with Crippen LogP contribution in [0.2, 0.25) is 0 Å². The number of oxime groups is 1. The average molecular weight is 852 g/mol. The Kier molecular flexibility index (Phi) is 13.3. The van der Waals surface area contributed by atoms with Crippen LogP contribution in [0.3, 0.4) is 0 Å². The zero-order valence-corrected chi connectivity index (χ0v) is 30.9. The van der Waals surface area contributed by atoms with E-state index in [0.717, 1.165) is 33.8 Å². The Hall–Kier alpha value is -6.34. The summed E-state index contributed by atoms with van der Waals surface area (Å²) >= 11 is 2.71. The standard InChI is InChI=1S/C32H24F3N7O12S3/c1-2-55-21-15-56-28-24(27(45)40(28)25(21)29(46)53-12-17-5-9-19(10-6-17)42(50)51)37-26(44)23(20-14-57-31(36-20)38-30(47)32(33,34)35)39-54-13-22(43)52-11-16-3-7-18(8-4-16)41(48)49/h2-10,14,24,28H,1,11-13,15H2,(H,37,44)(H,36,38,47)/b39-23+. The summed E-state index contributed by atoms with van der Waals surface area (Å²) in [6.07, 6.45) is -5.26. The van der Waals surface area contributed by atoms with E-state index in [1.165, 1.54) is 59.3 Å². The summed E-state index contributed by atoms with van der Waals surface area (Å²) in [4.78, 5) is 95.1. The maximum Gasteiger partial charge on any atom is 0.471 e. The summed E-state index contributed by atoms with van der Waals surface area (Å²) in [5.74, 6) is -6.02. The van der Waals surface area contributed by atoms with E-state index >= 15 is 0 Å². The first-order valence-corrected chi connectivity index (χ1v) is 18.5. The summed E-state index contributed by atoms with van der Waals surface area (Å²) in [5, 5.41) is 30.4. The van der Waals surface area contributed by atoms with Gasteiger partial charge in [0.2, 0.25) is 6.61 Å². The van der Waals surface area contributed by atoms with Crippen molar-refractivity contribution in [1.29, 1.82) is 0 Å². The van der Waals surface area contributed by atoms with Gasteiger partial charge in [0.1, 0.15) is 36.0 Å². The molecule has 0 aliphatic carbocycles. The second-order valence-electron chi connectivity index (χ2n) is 11.2. The van der Waals surface area contributed by atoms with Gasteiger partial charge >= 0.3 is 24.0 Å². The highest BCUT2D eigenvalue weighted by molar-refractivity contribution is 8.08. The van der Waals surface area contributed by atoms with Crippen LogP contribution in [0.1, 0.15) is 16.8 Å². The number of fused-ring (bicyclic) bond motifs is 1. The first kappa shape index (κ1) is 41.8. The maximum atomic E-state index is 13.6. The second kappa shape index (κ2) is 18.1. The molecule has 3 amide bonds. The summed E-state index contributed by atoms with van der Waals surface area (Å²) in [7, 11) is 0. The third-order valence-corrected chi connectivity index (χ3v) is 10.5. The number of nitro groups is 2. The van der Waals surface area contributed by atoms with Crippen molar-refractivity contribution in [2.45, 2.75) is 30.8 Å². The number of nitrogens with one attached hydrogen (secondary N) is 2. The maximum absolute atomic E-state index is 13.6. The van der Waals surface area contributed by atoms with E-state index in [9.17, 15) is 57.4 Å². The van der Waals surface area contributed by atoms with Crippen molar-refractivity contribution < 1.29 is 61.3 Å². The molecule has 2 unspecified atom stereocenters. The van der Waals surface area contributed by atoms with Crippen LogP contribution < -0.4 is 10.6 Å². The Morgan fingerprint density at radius 3 is 2.18 bits per heavy atom. The van der Waals surface area contributed by atoms with Crippen LogP contribution >= 0.6 is 34.9 Å². The molecule has 19 nitrogen and oxygen atoms in total. The van der Waals surface area contributed by atoms with Gasteiger partial charge in [-0.2, -0.15) is 13.2 Å². The van der Waals surface area contributed by atoms with Crippen LogP contribution in [0.25, 0.3) is 0 Å². The molecule has 3 heterocycles. The van der Waals surface area contributed by atoms with E-state index < -0.39 is 80.2 Å². The number of amides is 3. The fourth-order valence-electron chi connectivity index (χ4n) is 4.79. The number of anilines is 1. The zero-order chi connectivity index (χ0) is 41.4. The molecule has 2 aliphatic rings. The number of hydrogen-bond donors (Lipinski definition) is 2. The van der Waals surface area contributed by atoms with Gasteiger partial charge in [0.15, 0.2) is 10.8 Å². The SMILES string of the molecule is C=CSC1=C(C(=O)OCc2ccc([N+](=O)[O-])cc2)N2C(=O)C(NC(=O)/C(=N/OCC(=O)OCc3ccc([N+](=O)[O-])cc3)c3csc(NC(=O)C(F)(F)F)n3)C2SC1. The minimum atomic E-state index is -5.26.